The first kappa shape index (κ1) is 22.3. The zero-order chi connectivity index (χ0) is 21.4. The van der Waals surface area contributed by atoms with Crippen molar-refractivity contribution >= 4 is 5.96 Å². The minimum atomic E-state index is -0.149. The predicted octanol–water partition coefficient (Wildman–Crippen LogP) is 3.61. The van der Waals surface area contributed by atoms with Crippen LogP contribution in [0.1, 0.15) is 69.8 Å². The van der Waals surface area contributed by atoms with Crippen LogP contribution in [0.3, 0.4) is 0 Å². The van der Waals surface area contributed by atoms with Gasteiger partial charge >= 0.3 is 0 Å². The molecule has 2 aromatic rings. The summed E-state index contributed by atoms with van der Waals surface area (Å²) in [5, 5.41) is 10.6. The minimum absolute atomic E-state index is 0.149. The van der Waals surface area contributed by atoms with Gasteiger partial charge in [0.25, 0.3) is 0 Å². The van der Waals surface area contributed by atoms with Crippen molar-refractivity contribution in [2.75, 3.05) is 19.6 Å². The summed E-state index contributed by atoms with van der Waals surface area (Å²) in [6.45, 7) is 13.6. The minimum Gasteiger partial charge on any atom is -0.357 e. The molecule has 2 N–H and O–H groups in total. The zero-order valence-electron chi connectivity index (χ0n) is 18.9. The van der Waals surface area contributed by atoms with Crippen LogP contribution in [0.5, 0.6) is 0 Å². The summed E-state index contributed by atoms with van der Waals surface area (Å²) in [7, 11) is 0. The molecule has 0 atom stereocenters. The average Bonchev–Trinajstić information content (AvgIpc) is 3.22. The molecule has 0 saturated carbocycles. The molecule has 164 valence electrons. The Labute approximate surface area is 180 Å². The lowest BCUT2D eigenvalue weighted by Gasteiger charge is -2.26. The molecule has 30 heavy (non-hydrogen) atoms. The van der Waals surface area contributed by atoms with Crippen LogP contribution in [0.25, 0.3) is 0 Å². The third kappa shape index (κ3) is 6.83. The van der Waals surface area contributed by atoms with Crippen molar-refractivity contribution in [2.24, 2.45) is 4.99 Å². The Kier molecular flexibility index (Phi) is 7.85. The standard InChI is InChI=1S/C23H36N6O/c1-5-24-22(26-16-20-27-21(30-28-20)23(2,3)4)25-15-18-9-11-19(12-10-18)17-29-13-7-6-8-14-29/h9-12H,5-8,13-17H2,1-4H3,(H2,24,25,26). The number of benzene rings is 1. The monoisotopic (exact) mass is 412 g/mol. The molecule has 2 heterocycles. The fourth-order valence-corrected chi connectivity index (χ4v) is 3.43. The van der Waals surface area contributed by atoms with Crippen molar-refractivity contribution in [2.45, 2.75) is 72.0 Å². The van der Waals surface area contributed by atoms with Crippen molar-refractivity contribution < 1.29 is 4.52 Å². The van der Waals surface area contributed by atoms with E-state index in [9.17, 15) is 0 Å². The van der Waals surface area contributed by atoms with Crippen molar-refractivity contribution in [3.63, 3.8) is 0 Å². The molecule has 3 rings (SSSR count). The maximum atomic E-state index is 5.35. The number of hydrogen-bond acceptors (Lipinski definition) is 5. The lowest BCUT2D eigenvalue weighted by molar-refractivity contribution is 0.221. The van der Waals surface area contributed by atoms with E-state index in [0.29, 0.717) is 24.8 Å². The average molecular weight is 413 g/mol. The number of rotatable bonds is 7. The van der Waals surface area contributed by atoms with E-state index in [1.165, 1.54) is 43.5 Å². The molecule has 0 unspecified atom stereocenters. The lowest BCUT2D eigenvalue weighted by Crippen LogP contribution is -2.37. The van der Waals surface area contributed by atoms with Gasteiger partial charge < -0.3 is 15.2 Å². The number of nitrogens with one attached hydrogen (secondary N) is 2. The van der Waals surface area contributed by atoms with Gasteiger partial charge in [-0.3, -0.25) is 4.90 Å². The van der Waals surface area contributed by atoms with Gasteiger partial charge in [-0.25, -0.2) is 4.99 Å². The van der Waals surface area contributed by atoms with Gasteiger partial charge in [0.05, 0.1) is 13.1 Å². The van der Waals surface area contributed by atoms with Gasteiger partial charge in [0.2, 0.25) is 5.89 Å². The summed E-state index contributed by atoms with van der Waals surface area (Å²) < 4.78 is 5.35. The summed E-state index contributed by atoms with van der Waals surface area (Å²) in [4.78, 5) is 11.7. The van der Waals surface area contributed by atoms with Crippen LogP contribution < -0.4 is 10.6 Å². The Morgan fingerprint density at radius 3 is 2.40 bits per heavy atom. The molecular weight excluding hydrogens is 376 g/mol. The Hall–Kier alpha value is -2.41. The van der Waals surface area contributed by atoms with Gasteiger partial charge in [0.1, 0.15) is 0 Å². The highest BCUT2D eigenvalue weighted by atomic mass is 16.5. The number of guanidine groups is 1. The number of aliphatic imine (C=N–C) groups is 1. The third-order valence-electron chi connectivity index (χ3n) is 5.17. The number of hydrogen-bond donors (Lipinski definition) is 2. The Balaban J connectivity index is 1.52. The van der Waals surface area contributed by atoms with Crippen LogP contribution in [0, 0.1) is 0 Å². The molecule has 7 nitrogen and oxygen atoms in total. The van der Waals surface area contributed by atoms with E-state index in [4.69, 9.17) is 9.52 Å². The normalized spacial score (nSPS) is 15.9. The highest BCUT2D eigenvalue weighted by Gasteiger charge is 2.21. The van der Waals surface area contributed by atoms with Crippen molar-refractivity contribution in [1.82, 2.24) is 25.7 Å². The molecule has 0 bridgehead atoms. The van der Waals surface area contributed by atoms with E-state index in [-0.39, 0.29) is 5.41 Å². The first-order chi connectivity index (χ1) is 14.4. The molecule has 7 heteroatoms. The van der Waals surface area contributed by atoms with Gasteiger partial charge in [0.15, 0.2) is 11.8 Å². The smallest absolute Gasteiger partial charge is 0.232 e. The summed E-state index contributed by atoms with van der Waals surface area (Å²) in [6, 6.07) is 8.82. The summed E-state index contributed by atoms with van der Waals surface area (Å²) in [6.07, 6.45) is 4.03. The first-order valence-electron chi connectivity index (χ1n) is 11.1. The van der Waals surface area contributed by atoms with E-state index >= 15 is 0 Å². The van der Waals surface area contributed by atoms with Crippen molar-refractivity contribution in [3.8, 4) is 0 Å². The predicted molar refractivity (Wildman–Crippen MR) is 120 cm³/mol. The van der Waals surface area contributed by atoms with E-state index in [2.05, 4.69) is 77.6 Å². The highest BCUT2D eigenvalue weighted by Crippen LogP contribution is 2.19. The van der Waals surface area contributed by atoms with Gasteiger partial charge in [-0.05, 0) is 44.0 Å². The van der Waals surface area contributed by atoms with Crippen LogP contribution in [0.15, 0.2) is 33.8 Å². The fraction of sp³-hybridized carbons (Fsp3) is 0.609. The first-order valence-corrected chi connectivity index (χ1v) is 11.1. The van der Waals surface area contributed by atoms with Gasteiger partial charge in [0, 0.05) is 18.5 Å². The molecule has 1 fully saturated rings. The van der Waals surface area contributed by atoms with Crippen LogP contribution in [-0.2, 0) is 25.0 Å². The molecule has 0 aliphatic carbocycles. The number of nitrogens with zero attached hydrogens (tertiary/aromatic N) is 4. The molecule has 1 aromatic carbocycles. The quantitative estimate of drug-likeness (QED) is 0.534. The number of piperidine rings is 1. The van der Waals surface area contributed by atoms with E-state index < -0.39 is 0 Å². The second-order valence-electron chi connectivity index (χ2n) is 8.97. The van der Waals surface area contributed by atoms with Crippen molar-refractivity contribution in [3.05, 3.63) is 47.1 Å². The Bertz CT molecular complexity index is 800. The molecule has 0 radical (unpaired) electrons. The molecule has 0 amide bonds. The Morgan fingerprint density at radius 2 is 1.77 bits per heavy atom. The maximum Gasteiger partial charge on any atom is 0.232 e. The van der Waals surface area contributed by atoms with Crippen LogP contribution >= 0.6 is 0 Å². The SMILES string of the molecule is CCNC(=NCc1ccc(CN2CCCCC2)cc1)NCc1noc(C(C)(C)C)n1. The van der Waals surface area contributed by atoms with Gasteiger partial charge in [-0.1, -0.05) is 56.6 Å². The number of aromatic nitrogens is 2. The summed E-state index contributed by atoms with van der Waals surface area (Å²) in [5.74, 6) is 2.02. The molecule has 1 aliphatic heterocycles. The van der Waals surface area contributed by atoms with Crippen LogP contribution in [0.4, 0.5) is 0 Å². The van der Waals surface area contributed by atoms with Crippen LogP contribution in [-0.4, -0.2) is 40.6 Å². The highest BCUT2D eigenvalue weighted by molar-refractivity contribution is 5.79. The largest absolute Gasteiger partial charge is 0.357 e. The van der Waals surface area contributed by atoms with E-state index in [0.717, 1.165) is 19.0 Å². The second kappa shape index (κ2) is 10.6. The maximum absolute atomic E-state index is 5.35. The van der Waals surface area contributed by atoms with Crippen molar-refractivity contribution in [1.29, 1.82) is 0 Å². The summed E-state index contributed by atoms with van der Waals surface area (Å²) >= 11 is 0. The van der Waals surface area contributed by atoms with E-state index in [1.54, 1.807) is 0 Å². The fourth-order valence-electron chi connectivity index (χ4n) is 3.43. The summed E-state index contributed by atoms with van der Waals surface area (Å²) in [5.41, 5.74) is 2.43. The van der Waals surface area contributed by atoms with Gasteiger partial charge in [-0.2, -0.15) is 4.98 Å². The second-order valence-corrected chi connectivity index (χ2v) is 8.97. The van der Waals surface area contributed by atoms with Gasteiger partial charge in [-0.15, -0.1) is 0 Å². The van der Waals surface area contributed by atoms with E-state index in [1.807, 2.05) is 0 Å². The third-order valence-corrected chi connectivity index (χ3v) is 5.17. The molecule has 1 saturated heterocycles. The Morgan fingerprint density at radius 1 is 1.07 bits per heavy atom. The molecular formula is C23H36N6O. The number of likely N-dealkylation sites (tertiary alicyclic amines) is 1. The topological polar surface area (TPSA) is 78.6 Å². The molecule has 0 spiro atoms. The molecule has 1 aliphatic rings. The molecule has 1 aromatic heterocycles. The zero-order valence-corrected chi connectivity index (χ0v) is 18.9. The van der Waals surface area contributed by atoms with Crippen LogP contribution in [0.2, 0.25) is 0 Å². The lowest BCUT2D eigenvalue weighted by atomic mass is 9.97.